The summed E-state index contributed by atoms with van der Waals surface area (Å²) in [5.74, 6) is 0.562. The number of piperazine rings is 1. The predicted octanol–water partition coefficient (Wildman–Crippen LogP) is 2.93. The Balaban J connectivity index is 1.37. The minimum atomic E-state index is -1.59. The molecule has 6 heteroatoms. The number of benzene rings is 2. The number of fused-ring (bicyclic) bond motifs is 1. The van der Waals surface area contributed by atoms with Crippen molar-refractivity contribution < 1.29 is 9.18 Å². The molecule has 0 bridgehead atoms. The number of aromatic nitrogens is 2. The Labute approximate surface area is 158 Å². The van der Waals surface area contributed by atoms with E-state index in [1.807, 2.05) is 31.3 Å². The van der Waals surface area contributed by atoms with E-state index in [0.717, 1.165) is 36.5 Å². The van der Waals surface area contributed by atoms with Crippen molar-refractivity contribution in [1.29, 1.82) is 0 Å². The summed E-state index contributed by atoms with van der Waals surface area (Å²) in [7, 11) is 2.03. The van der Waals surface area contributed by atoms with E-state index in [2.05, 4.69) is 15.5 Å². The monoisotopic (exact) mass is 366 g/mol. The first-order valence-corrected chi connectivity index (χ1v) is 9.24. The summed E-state index contributed by atoms with van der Waals surface area (Å²) >= 11 is 0. The van der Waals surface area contributed by atoms with Crippen molar-refractivity contribution in [1.82, 2.24) is 19.4 Å². The van der Waals surface area contributed by atoms with E-state index in [1.165, 1.54) is 0 Å². The van der Waals surface area contributed by atoms with Crippen LogP contribution in [0.3, 0.4) is 0 Å². The molecule has 0 saturated carbocycles. The maximum atomic E-state index is 14.5. The molecule has 2 heterocycles. The fourth-order valence-corrected chi connectivity index (χ4v) is 3.59. The van der Waals surface area contributed by atoms with E-state index in [4.69, 9.17) is 4.98 Å². The second-order valence-corrected chi connectivity index (χ2v) is 6.95. The van der Waals surface area contributed by atoms with Crippen molar-refractivity contribution in [3.8, 4) is 0 Å². The maximum Gasteiger partial charge on any atom is 0.261 e. The molecule has 0 spiro atoms. The Morgan fingerprint density at radius 3 is 2.41 bits per heavy atom. The lowest BCUT2D eigenvalue weighted by molar-refractivity contribution is -0.138. The van der Waals surface area contributed by atoms with Crippen LogP contribution in [0.15, 0.2) is 54.6 Å². The lowest BCUT2D eigenvalue weighted by atomic mass is 10.1. The lowest BCUT2D eigenvalue weighted by Gasteiger charge is -2.35. The molecule has 1 saturated heterocycles. The van der Waals surface area contributed by atoms with Gasteiger partial charge in [-0.3, -0.25) is 9.69 Å². The third kappa shape index (κ3) is 3.57. The molecule has 1 aliphatic heterocycles. The van der Waals surface area contributed by atoms with Gasteiger partial charge in [0, 0.05) is 33.2 Å². The van der Waals surface area contributed by atoms with Gasteiger partial charge in [0.05, 0.1) is 17.6 Å². The molecule has 1 unspecified atom stereocenters. The van der Waals surface area contributed by atoms with Crippen LogP contribution in [0.5, 0.6) is 0 Å². The average molecular weight is 366 g/mol. The van der Waals surface area contributed by atoms with Gasteiger partial charge in [0.15, 0.2) is 0 Å². The predicted molar refractivity (Wildman–Crippen MR) is 103 cm³/mol. The fourth-order valence-electron chi connectivity index (χ4n) is 3.59. The molecule has 4 rings (SSSR count). The van der Waals surface area contributed by atoms with Gasteiger partial charge in [-0.05, 0) is 17.7 Å². The van der Waals surface area contributed by atoms with Crippen LogP contribution in [0.4, 0.5) is 4.39 Å². The second-order valence-electron chi connectivity index (χ2n) is 6.95. The molecule has 5 nitrogen and oxygen atoms in total. The van der Waals surface area contributed by atoms with Crippen LogP contribution in [-0.4, -0.2) is 51.4 Å². The molecule has 1 atom stereocenters. The third-order valence-corrected chi connectivity index (χ3v) is 5.24. The number of nitrogens with zero attached hydrogens (tertiary/aromatic N) is 4. The molecule has 140 valence electrons. The number of para-hydroxylation sites is 2. The van der Waals surface area contributed by atoms with Crippen LogP contribution in [-0.2, 0) is 18.4 Å². The summed E-state index contributed by atoms with van der Waals surface area (Å²) in [5, 5.41) is 0. The minimum absolute atomic E-state index is 0.421. The first-order valence-electron chi connectivity index (χ1n) is 9.24. The van der Waals surface area contributed by atoms with E-state index >= 15 is 0 Å². The highest BCUT2D eigenvalue weighted by Gasteiger charge is 2.28. The topological polar surface area (TPSA) is 41.4 Å². The minimum Gasteiger partial charge on any atom is -0.337 e. The van der Waals surface area contributed by atoms with Gasteiger partial charge in [-0.2, -0.15) is 0 Å². The highest BCUT2D eigenvalue weighted by molar-refractivity contribution is 5.82. The van der Waals surface area contributed by atoms with Gasteiger partial charge in [0.2, 0.25) is 6.17 Å². The molecule has 0 radical (unpaired) electrons. The first kappa shape index (κ1) is 17.7. The Morgan fingerprint density at radius 1 is 1.04 bits per heavy atom. The zero-order valence-corrected chi connectivity index (χ0v) is 15.4. The molecule has 0 N–H and O–H groups in total. The van der Waals surface area contributed by atoms with Crippen molar-refractivity contribution in [2.75, 3.05) is 26.2 Å². The lowest BCUT2D eigenvalue weighted by Crippen LogP contribution is -2.49. The zero-order chi connectivity index (χ0) is 18.8. The summed E-state index contributed by atoms with van der Waals surface area (Å²) in [6.07, 6.45) is -1.59. The largest absolute Gasteiger partial charge is 0.337 e. The van der Waals surface area contributed by atoms with Crippen LogP contribution >= 0.6 is 0 Å². The van der Waals surface area contributed by atoms with Crippen LogP contribution in [0, 0.1) is 0 Å². The molecule has 1 amide bonds. The van der Waals surface area contributed by atoms with Gasteiger partial charge >= 0.3 is 0 Å². The van der Waals surface area contributed by atoms with E-state index in [1.54, 1.807) is 29.2 Å². The van der Waals surface area contributed by atoms with E-state index in [0.29, 0.717) is 18.7 Å². The summed E-state index contributed by atoms with van der Waals surface area (Å²) in [4.78, 5) is 21.1. The fraction of sp³-hybridized carbons (Fsp3) is 0.333. The quantitative estimate of drug-likeness (QED) is 0.713. The molecule has 1 aromatic heterocycles. The molecule has 1 aliphatic rings. The number of alkyl halides is 1. The molecule has 0 aliphatic carbocycles. The summed E-state index contributed by atoms with van der Waals surface area (Å²) < 4.78 is 16.6. The second kappa shape index (κ2) is 7.48. The number of aryl methyl sites for hydroxylation is 1. The summed E-state index contributed by atoms with van der Waals surface area (Å²) in [6, 6.07) is 16.7. The van der Waals surface area contributed by atoms with Crippen LogP contribution in [0.1, 0.15) is 17.6 Å². The maximum absolute atomic E-state index is 14.5. The van der Waals surface area contributed by atoms with Crippen molar-refractivity contribution in [3.63, 3.8) is 0 Å². The van der Waals surface area contributed by atoms with Gasteiger partial charge in [-0.1, -0.05) is 42.5 Å². The average Bonchev–Trinajstić information content (AvgIpc) is 3.04. The van der Waals surface area contributed by atoms with Crippen LogP contribution in [0.2, 0.25) is 0 Å². The number of carbonyl (C=O) groups is 1. The smallest absolute Gasteiger partial charge is 0.261 e. The SMILES string of the molecule is Cn1c(CN2CCN(C(=O)C(F)c3ccccc3)CC2)nc2ccccc21. The van der Waals surface area contributed by atoms with Gasteiger partial charge in [0.1, 0.15) is 5.82 Å². The number of rotatable bonds is 4. The molecule has 3 aromatic rings. The molecule has 1 fully saturated rings. The number of hydrogen-bond acceptors (Lipinski definition) is 3. The van der Waals surface area contributed by atoms with E-state index in [-0.39, 0.29) is 0 Å². The highest BCUT2D eigenvalue weighted by atomic mass is 19.1. The Morgan fingerprint density at radius 2 is 1.70 bits per heavy atom. The summed E-state index contributed by atoms with van der Waals surface area (Å²) in [6.45, 7) is 3.24. The van der Waals surface area contributed by atoms with Gasteiger partial charge in [-0.25, -0.2) is 9.37 Å². The van der Waals surface area contributed by atoms with Crippen molar-refractivity contribution in [2.24, 2.45) is 7.05 Å². The molecular weight excluding hydrogens is 343 g/mol. The molecular formula is C21H23FN4O. The molecule has 2 aromatic carbocycles. The Kier molecular flexibility index (Phi) is 4.90. The van der Waals surface area contributed by atoms with E-state index in [9.17, 15) is 9.18 Å². The van der Waals surface area contributed by atoms with Gasteiger partial charge in [-0.15, -0.1) is 0 Å². The van der Waals surface area contributed by atoms with Crippen LogP contribution in [0.25, 0.3) is 11.0 Å². The molecule has 27 heavy (non-hydrogen) atoms. The number of hydrogen-bond donors (Lipinski definition) is 0. The van der Waals surface area contributed by atoms with Crippen molar-refractivity contribution >= 4 is 16.9 Å². The highest BCUT2D eigenvalue weighted by Crippen LogP contribution is 2.21. The van der Waals surface area contributed by atoms with Crippen LogP contribution < -0.4 is 0 Å². The Bertz CT molecular complexity index is 932. The number of amides is 1. The van der Waals surface area contributed by atoms with E-state index < -0.39 is 12.1 Å². The normalized spacial score (nSPS) is 16.6. The van der Waals surface area contributed by atoms with Crippen molar-refractivity contribution in [3.05, 3.63) is 66.0 Å². The van der Waals surface area contributed by atoms with Gasteiger partial charge in [0.25, 0.3) is 5.91 Å². The summed E-state index contributed by atoms with van der Waals surface area (Å²) in [5.41, 5.74) is 2.53. The third-order valence-electron chi connectivity index (χ3n) is 5.24. The zero-order valence-electron chi connectivity index (χ0n) is 15.4. The van der Waals surface area contributed by atoms with Gasteiger partial charge < -0.3 is 9.47 Å². The first-order chi connectivity index (χ1) is 13.1. The number of imidazole rings is 1. The Hall–Kier alpha value is -2.73. The standard InChI is InChI=1S/C21H23FN4O/c1-24-18-10-6-5-9-17(18)23-19(24)15-25-11-13-26(14-12-25)21(27)20(22)16-7-3-2-4-8-16/h2-10,20H,11-15H2,1H3. The number of halogens is 1. The number of carbonyl (C=O) groups excluding carboxylic acids is 1. The van der Waals surface area contributed by atoms with Crippen molar-refractivity contribution in [2.45, 2.75) is 12.7 Å².